The van der Waals surface area contributed by atoms with Crippen LogP contribution >= 0.6 is 0 Å². The molecule has 0 amide bonds. The maximum atomic E-state index is 12.0. The van der Waals surface area contributed by atoms with Gasteiger partial charge in [0.25, 0.3) is 5.56 Å². The minimum Gasteiger partial charge on any atom is -0.312 e. The third-order valence-electron chi connectivity index (χ3n) is 3.08. The SMILES string of the molecule is [N-]=[N+]=NCc1cccn(C2CCCC2)c1=O. The highest BCUT2D eigenvalue weighted by molar-refractivity contribution is 5.11. The lowest BCUT2D eigenvalue weighted by Gasteiger charge is -2.13. The highest BCUT2D eigenvalue weighted by Crippen LogP contribution is 2.27. The second kappa shape index (κ2) is 4.86. The molecule has 0 atom stereocenters. The van der Waals surface area contributed by atoms with E-state index in [1.807, 2.05) is 12.3 Å². The minimum absolute atomic E-state index is 0.0122. The average molecular weight is 218 g/mol. The van der Waals surface area contributed by atoms with Gasteiger partial charge in [0.2, 0.25) is 0 Å². The second-order valence-corrected chi connectivity index (χ2v) is 4.07. The van der Waals surface area contributed by atoms with Crippen molar-refractivity contribution in [1.29, 1.82) is 0 Å². The zero-order valence-corrected chi connectivity index (χ0v) is 9.04. The number of azide groups is 1. The summed E-state index contributed by atoms with van der Waals surface area (Å²) in [7, 11) is 0. The van der Waals surface area contributed by atoms with Gasteiger partial charge in [-0.1, -0.05) is 24.0 Å². The van der Waals surface area contributed by atoms with Crippen LogP contribution in [0.5, 0.6) is 0 Å². The largest absolute Gasteiger partial charge is 0.312 e. The molecule has 0 aliphatic heterocycles. The van der Waals surface area contributed by atoms with Crippen LogP contribution in [0.3, 0.4) is 0 Å². The van der Waals surface area contributed by atoms with Crippen LogP contribution in [0.15, 0.2) is 28.2 Å². The Labute approximate surface area is 93.3 Å². The van der Waals surface area contributed by atoms with Gasteiger partial charge >= 0.3 is 0 Å². The molecule has 1 aliphatic rings. The fourth-order valence-electron chi connectivity index (χ4n) is 2.25. The van der Waals surface area contributed by atoms with Crippen molar-refractivity contribution in [3.05, 3.63) is 44.7 Å². The molecule has 0 saturated heterocycles. The first kappa shape index (κ1) is 10.8. The Morgan fingerprint density at radius 3 is 2.94 bits per heavy atom. The third kappa shape index (κ3) is 2.09. The van der Waals surface area contributed by atoms with E-state index in [0.29, 0.717) is 11.6 Å². The number of aromatic nitrogens is 1. The van der Waals surface area contributed by atoms with Crippen molar-refractivity contribution in [1.82, 2.24) is 4.57 Å². The standard InChI is InChI=1S/C11H14N4O/c12-14-13-8-9-4-3-7-15(11(9)16)10-5-1-2-6-10/h3-4,7,10H,1-2,5-6,8H2. The van der Waals surface area contributed by atoms with Gasteiger partial charge in [-0.3, -0.25) is 4.79 Å². The topological polar surface area (TPSA) is 70.8 Å². The van der Waals surface area contributed by atoms with E-state index in [4.69, 9.17) is 5.53 Å². The Morgan fingerprint density at radius 2 is 2.25 bits per heavy atom. The normalized spacial score (nSPS) is 16.0. The van der Waals surface area contributed by atoms with Crippen LogP contribution in [-0.2, 0) is 6.54 Å². The van der Waals surface area contributed by atoms with E-state index in [-0.39, 0.29) is 12.1 Å². The summed E-state index contributed by atoms with van der Waals surface area (Å²) >= 11 is 0. The van der Waals surface area contributed by atoms with Crippen molar-refractivity contribution < 1.29 is 0 Å². The molecule has 16 heavy (non-hydrogen) atoms. The number of rotatable bonds is 3. The molecular formula is C11H14N4O. The fraction of sp³-hybridized carbons (Fsp3) is 0.545. The molecule has 5 nitrogen and oxygen atoms in total. The molecule has 0 aromatic carbocycles. The highest BCUT2D eigenvalue weighted by atomic mass is 16.1. The maximum absolute atomic E-state index is 12.0. The Morgan fingerprint density at radius 1 is 1.50 bits per heavy atom. The van der Waals surface area contributed by atoms with Gasteiger partial charge in [-0.05, 0) is 24.4 Å². The van der Waals surface area contributed by atoms with Gasteiger partial charge < -0.3 is 4.57 Å². The Kier molecular flexibility index (Phi) is 3.27. The van der Waals surface area contributed by atoms with Crippen LogP contribution in [0.25, 0.3) is 10.4 Å². The van der Waals surface area contributed by atoms with E-state index in [1.165, 1.54) is 12.8 Å². The predicted molar refractivity (Wildman–Crippen MR) is 61.1 cm³/mol. The van der Waals surface area contributed by atoms with Crippen LogP contribution in [-0.4, -0.2) is 4.57 Å². The molecule has 5 heteroatoms. The number of pyridine rings is 1. The van der Waals surface area contributed by atoms with E-state index in [1.54, 1.807) is 10.6 Å². The van der Waals surface area contributed by atoms with E-state index in [9.17, 15) is 4.79 Å². The molecular weight excluding hydrogens is 204 g/mol. The summed E-state index contributed by atoms with van der Waals surface area (Å²) in [5, 5.41) is 3.44. The zero-order valence-electron chi connectivity index (χ0n) is 9.04. The van der Waals surface area contributed by atoms with Gasteiger partial charge in [-0.15, -0.1) is 0 Å². The summed E-state index contributed by atoms with van der Waals surface area (Å²) < 4.78 is 1.79. The second-order valence-electron chi connectivity index (χ2n) is 4.07. The lowest BCUT2D eigenvalue weighted by molar-refractivity contribution is 0.499. The van der Waals surface area contributed by atoms with E-state index in [0.717, 1.165) is 12.8 Å². The van der Waals surface area contributed by atoms with Crippen molar-refractivity contribution in [3.63, 3.8) is 0 Å². The van der Waals surface area contributed by atoms with Gasteiger partial charge in [0, 0.05) is 22.7 Å². The molecule has 84 valence electrons. The fourth-order valence-corrected chi connectivity index (χ4v) is 2.25. The molecule has 1 saturated carbocycles. The number of hydrogen-bond donors (Lipinski definition) is 0. The third-order valence-corrected chi connectivity index (χ3v) is 3.08. The molecule has 0 unspecified atom stereocenters. The van der Waals surface area contributed by atoms with Crippen molar-refractivity contribution in [2.45, 2.75) is 38.3 Å². The molecule has 1 aromatic rings. The summed E-state index contributed by atoms with van der Waals surface area (Å²) in [4.78, 5) is 14.7. The van der Waals surface area contributed by atoms with E-state index < -0.39 is 0 Å². The maximum Gasteiger partial charge on any atom is 0.254 e. The summed E-state index contributed by atoms with van der Waals surface area (Å²) in [5.41, 5.74) is 8.81. The van der Waals surface area contributed by atoms with Crippen LogP contribution in [0, 0.1) is 0 Å². The predicted octanol–water partition coefficient (Wildman–Crippen LogP) is 2.77. The van der Waals surface area contributed by atoms with Crippen LogP contribution in [0.2, 0.25) is 0 Å². The Balaban J connectivity index is 2.32. The molecule has 0 spiro atoms. The zero-order chi connectivity index (χ0) is 11.4. The van der Waals surface area contributed by atoms with Crippen LogP contribution in [0.4, 0.5) is 0 Å². The average Bonchev–Trinajstić information content (AvgIpc) is 2.81. The molecule has 1 aliphatic carbocycles. The molecule has 0 N–H and O–H groups in total. The summed E-state index contributed by atoms with van der Waals surface area (Å²) in [6.45, 7) is 0.142. The lowest BCUT2D eigenvalue weighted by Crippen LogP contribution is -2.25. The van der Waals surface area contributed by atoms with Gasteiger partial charge in [0.05, 0.1) is 6.54 Å². The highest BCUT2D eigenvalue weighted by Gasteiger charge is 2.18. The summed E-state index contributed by atoms with van der Waals surface area (Å²) in [6.07, 6.45) is 6.36. The molecule has 0 bridgehead atoms. The minimum atomic E-state index is -0.0122. The first-order valence-corrected chi connectivity index (χ1v) is 5.54. The molecule has 1 aromatic heterocycles. The lowest BCUT2D eigenvalue weighted by atomic mass is 10.2. The van der Waals surface area contributed by atoms with Crippen LogP contribution in [0.1, 0.15) is 37.3 Å². The quantitative estimate of drug-likeness (QED) is 0.437. The first-order chi connectivity index (χ1) is 7.83. The summed E-state index contributed by atoms with van der Waals surface area (Å²) in [5.74, 6) is 0. The molecule has 1 heterocycles. The Bertz CT molecular complexity index is 467. The number of hydrogen-bond acceptors (Lipinski definition) is 2. The smallest absolute Gasteiger partial charge is 0.254 e. The van der Waals surface area contributed by atoms with Gasteiger partial charge in [0.15, 0.2) is 0 Å². The molecule has 2 rings (SSSR count). The molecule has 0 radical (unpaired) electrons. The summed E-state index contributed by atoms with van der Waals surface area (Å²) in [6, 6.07) is 3.91. The molecule has 1 fully saturated rings. The van der Waals surface area contributed by atoms with Gasteiger partial charge in [-0.2, -0.15) is 0 Å². The Hall–Kier alpha value is -1.74. The van der Waals surface area contributed by atoms with E-state index in [2.05, 4.69) is 10.0 Å². The van der Waals surface area contributed by atoms with Crippen molar-refractivity contribution in [2.24, 2.45) is 5.11 Å². The van der Waals surface area contributed by atoms with E-state index >= 15 is 0 Å². The van der Waals surface area contributed by atoms with Crippen molar-refractivity contribution in [2.75, 3.05) is 0 Å². The first-order valence-electron chi connectivity index (χ1n) is 5.54. The van der Waals surface area contributed by atoms with Crippen molar-refractivity contribution in [3.8, 4) is 0 Å². The van der Waals surface area contributed by atoms with Gasteiger partial charge in [0.1, 0.15) is 0 Å². The van der Waals surface area contributed by atoms with Gasteiger partial charge in [-0.25, -0.2) is 0 Å². The van der Waals surface area contributed by atoms with Crippen LogP contribution < -0.4 is 5.56 Å². The number of nitrogens with zero attached hydrogens (tertiary/aromatic N) is 4. The monoisotopic (exact) mass is 218 g/mol. The van der Waals surface area contributed by atoms with Crippen molar-refractivity contribution >= 4 is 0 Å².